The molecule has 2 rings (SSSR count). The number of hydrogen-bond donors (Lipinski definition) is 2. The second-order valence-electron chi connectivity index (χ2n) is 2.96. The zero-order chi connectivity index (χ0) is 9.97. The van der Waals surface area contributed by atoms with Crippen LogP contribution in [0.5, 0.6) is 0 Å². The molecule has 0 bridgehead atoms. The van der Waals surface area contributed by atoms with E-state index in [0.717, 1.165) is 23.4 Å². The van der Waals surface area contributed by atoms with E-state index in [9.17, 15) is 0 Å². The molecule has 14 heavy (non-hydrogen) atoms. The second-order valence-corrected chi connectivity index (χ2v) is 2.96. The predicted octanol–water partition coefficient (Wildman–Crippen LogP) is -0.266. The summed E-state index contributed by atoms with van der Waals surface area (Å²) in [6, 6.07) is 1.87. The number of hydrogen-bond acceptors (Lipinski definition) is 5. The highest BCUT2D eigenvalue weighted by molar-refractivity contribution is 5.84. The maximum atomic E-state index is 5.41. The van der Waals surface area contributed by atoms with Gasteiger partial charge in [-0.1, -0.05) is 5.21 Å². The molecule has 0 atom stereocenters. The number of nitrogens with one attached hydrogen (secondary N) is 1. The fourth-order valence-corrected chi connectivity index (χ4v) is 1.28. The van der Waals surface area contributed by atoms with E-state index in [1.165, 1.54) is 0 Å². The van der Waals surface area contributed by atoms with Gasteiger partial charge in [-0.05, 0) is 6.07 Å². The van der Waals surface area contributed by atoms with Crippen molar-refractivity contribution in [3.63, 3.8) is 0 Å². The molecule has 0 spiro atoms. The molecule has 74 valence electrons. The van der Waals surface area contributed by atoms with E-state index in [4.69, 9.17) is 5.73 Å². The fourth-order valence-electron chi connectivity index (χ4n) is 1.28. The zero-order valence-electron chi connectivity index (χ0n) is 7.94. The number of aryl methyl sites for hydroxylation is 1. The summed E-state index contributed by atoms with van der Waals surface area (Å²) in [5, 5.41) is 11.1. The molecule has 2 heterocycles. The van der Waals surface area contributed by atoms with Gasteiger partial charge in [0.1, 0.15) is 0 Å². The van der Waals surface area contributed by atoms with E-state index in [0.29, 0.717) is 6.54 Å². The molecule has 0 aromatic carbocycles. The van der Waals surface area contributed by atoms with Gasteiger partial charge < -0.3 is 11.1 Å². The maximum absolute atomic E-state index is 5.41. The fraction of sp³-hybridized carbons (Fsp3) is 0.375. The van der Waals surface area contributed by atoms with Crippen molar-refractivity contribution in [2.24, 2.45) is 12.8 Å². The number of anilines is 1. The van der Waals surface area contributed by atoms with Crippen molar-refractivity contribution >= 4 is 16.9 Å². The topological polar surface area (TPSA) is 81.7 Å². The molecular formula is C8H12N6. The van der Waals surface area contributed by atoms with E-state index in [-0.39, 0.29) is 0 Å². The van der Waals surface area contributed by atoms with E-state index >= 15 is 0 Å². The smallest absolute Gasteiger partial charge is 0.180 e. The summed E-state index contributed by atoms with van der Waals surface area (Å²) in [5.41, 5.74) is 7.88. The lowest BCUT2D eigenvalue weighted by atomic mass is 10.3. The van der Waals surface area contributed by atoms with Crippen molar-refractivity contribution in [2.45, 2.75) is 0 Å². The second kappa shape index (κ2) is 3.59. The van der Waals surface area contributed by atoms with Crippen molar-refractivity contribution in [3.05, 3.63) is 12.3 Å². The molecule has 0 aliphatic rings. The molecule has 0 aliphatic heterocycles. The third-order valence-electron chi connectivity index (χ3n) is 1.95. The monoisotopic (exact) mass is 192 g/mol. The van der Waals surface area contributed by atoms with E-state index in [1.54, 1.807) is 10.9 Å². The van der Waals surface area contributed by atoms with Crippen LogP contribution in [0.15, 0.2) is 12.3 Å². The molecule has 0 radical (unpaired) electrons. The molecule has 6 heteroatoms. The summed E-state index contributed by atoms with van der Waals surface area (Å²) >= 11 is 0. The van der Waals surface area contributed by atoms with Crippen molar-refractivity contribution in [1.29, 1.82) is 0 Å². The van der Waals surface area contributed by atoms with Gasteiger partial charge in [-0.15, -0.1) is 5.10 Å². The highest BCUT2D eigenvalue weighted by atomic mass is 15.4. The van der Waals surface area contributed by atoms with Crippen LogP contribution < -0.4 is 11.1 Å². The molecule has 0 saturated heterocycles. The van der Waals surface area contributed by atoms with Gasteiger partial charge >= 0.3 is 0 Å². The number of fused-ring (bicyclic) bond motifs is 1. The minimum atomic E-state index is 0.587. The van der Waals surface area contributed by atoms with Gasteiger partial charge in [-0.3, -0.25) is 0 Å². The summed E-state index contributed by atoms with van der Waals surface area (Å²) in [7, 11) is 1.81. The molecule has 0 unspecified atom stereocenters. The van der Waals surface area contributed by atoms with Crippen LogP contribution in [0.25, 0.3) is 11.2 Å². The van der Waals surface area contributed by atoms with E-state index < -0.39 is 0 Å². The zero-order valence-corrected chi connectivity index (χ0v) is 7.94. The first-order chi connectivity index (χ1) is 6.83. The summed E-state index contributed by atoms with van der Waals surface area (Å²) in [5.74, 6) is 0. The molecule has 0 amide bonds. The Kier molecular flexibility index (Phi) is 2.28. The van der Waals surface area contributed by atoms with E-state index in [2.05, 4.69) is 20.6 Å². The summed E-state index contributed by atoms with van der Waals surface area (Å²) in [6.45, 7) is 1.31. The number of pyridine rings is 1. The van der Waals surface area contributed by atoms with E-state index in [1.807, 2.05) is 13.1 Å². The van der Waals surface area contributed by atoms with Crippen LogP contribution in [0.1, 0.15) is 0 Å². The lowest BCUT2D eigenvalue weighted by molar-refractivity contribution is 0.730. The Morgan fingerprint density at radius 2 is 2.43 bits per heavy atom. The van der Waals surface area contributed by atoms with Crippen molar-refractivity contribution < 1.29 is 0 Å². The van der Waals surface area contributed by atoms with Gasteiger partial charge in [0, 0.05) is 26.3 Å². The van der Waals surface area contributed by atoms with Crippen LogP contribution in [0.4, 0.5) is 5.69 Å². The molecule has 2 aromatic heterocycles. The van der Waals surface area contributed by atoms with Gasteiger partial charge in [0.05, 0.1) is 5.69 Å². The van der Waals surface area contributed by atoms with Crippen LogP contribution in [0.3, 0.4) is 0 Å². The average molecular weight is 192 g/mol. The molecule has 0 fully saturated rings. The quantitative estimate of drug-likeness (QED) is 0.699. The van der Waals surface area contributed by atoms with Gasteiger partial charge in [-0.25, -0.2) is 9.67 Å². The van der Waals surface area contributed by atoms with Crippen molar-refractivity contribution in [2.75, 3.05) is 18.4 Å². The van der Waals surface area contributed by atoms with Crippen molar-refractivity contribution in [3.8, 4) is 0 Å². The average Bonchev–Trinajstić information content (AvgIpc) is 2.58. The SMILES string of the molecule is Cn1nnc2c(NCCN)ccnc21. The third kappa shape index (κ3) is 1.39. The summed E-state index contributed by atoms with van der Waals surface area (Å²) in [4.78, 5) is 4.18. The van der Waals surface area contributed by atoms with Crippen LogP contribution in [-0.4, -0.2) is 33.1 Å². The van der Waals surface area contributed by atoms with Crippen LogP contribution >= 0.6 is 0 Å². The highest BCUT2D eigenvalue weighted by Gasteiger charge is 2.06. The Balaban J connectivity index is 2.44. The highest BCUT2D eigenvalue weighted by Crippen LogP contribution is 2.17. The lowest BCUT2D eigenvalue weighted by Gasteiger charge is -2.03. The number of aromatic nitrogens is 4. The van der Waals surface area contributed by atoms with Gasteiger partial charge in [0.15, 0.2) is 11.2 Å². The predicted molar refractivity (Wildman–Crippen MR) is 53.8 cm³/mol. The standard InChI is InChI=1S/C8H12N6/c1-14-8-7(12-13-14)6(2-4-11-8)10-5-3-9/h2,4H,3,5,9H2,1H3,(H,10,11). The molecule has 0 aliphatic carbocycles. The van der Waals surface area contributed by atoms with Crippen molar-refractivity contribution in [1.82, 2.24) is 20.0 Å². The van der Waals surface area contributed by atoms with Gasteiger partial charge in [0.25, 0.3) is 0 Å². The Bertz CT molecular complexity index is 434. The molecule has 3 N–H and O–H groups in total. The number of nitrogens with two attached hydrogens (primary N) is 1. The first kappa shape index (κ1) is 8.89. The number of nitrogens with zero attached hydrogens (tertiary/aromatic N) is 4. The molecule has 0 saturated carbocycles. The normalized spacial score (nSPS) is 10.7. The number of rotatable bonds is 3. The molecule has 2 aromatic rings. The summed E-state index contributed by atoms with van der Waals surface area (Å²) < 4.78 is 1.64. The molecular weight excluding hydrogens is 180 g/mol. The third-order valence-corrected chi connectivity index (χ3v) is 1.95. The minimum absolute atomic E-state index is 0.587. The Morgan fingerprint density at radius 1 is 1.57 bits per heavy atom. The maximum Gasteiger partial charge on any atom is 0.180 e. The first-order valence-corrected chi connectivity index (χ1v) is 4.41. The van der Waals surface area contributed by atoms with Gasteiger partial charge in [-0.2, -0.15) is 0 Å². The molecule has 6 nitrogen and oxygen atoms in total. The van der Waals surface area contributed by atoms with Gasteiger partial charge in [0.2, 0.25) is 0 Å². The Hall–Kier alpha value is -1.69. The Morgan fingerprint density at radius 3 is 3.21 bits per heavy atom. The summed E-state index contributed by atoms with van der Waals surface area (Å²) in [6.07, 6.45) is 1.73. The largest absolute Gasteiger partial charge is 0.382 e. The minimum Gasteiger partial charge on any atom is -0.382 e. The first-order valence-electron chi connectivity index (χ1n) is 4.41. The van der Waals surface area contributed by atoms with Crippen LogP contribution in [0, 0.1) is 0 Å². The van der Waals surface area contributed by atoms with Crippen LogP contribution in [0.2, 0.25) is 0 Å². The lowest BCUT2D eigenvalue weighted by Crippen LogP contribution is -2.13. The van der Waals surface area contributed by atoms with Crippen LogP contribution in [-0.2, 0) is 7.05 Å². The Labute approximate surface area is 81.1 Å².